The fraction of sp³-hybridized carbons (Fsp3) is 0.0741. The number of para-hydroxylation sites is 1. The van der Waals surface area contributed by atoms with Crippen molar-refractivity contribution in [1.82, 2.24) is 4.98 Å². The van der Waals surface area contributed by atoms with Crippen molar-refractivity contribution in [2.75, 3.05) is 0 Å². The Hall–Kier alpha value is -3.43. The van der Waals surface area contributed by atoms with E-state index in [2.05, 4.69) is 74.5 Å². The molecule has 2 nitrogen and oxygen atoms in total. The predicted octanol–water partition coefficient (Wildman–Crippen LogP) is 8.15. The molecule has 0 saturated carbocycles. The SMILES string of the molecule is Cc1cc2c(oc3ccccc32)c(C)c1-c1cc2nc(-c3ccccc3)ccc2s1. The highest BCUT2D eigenvalue weighted by atomic mass is 32.1. The molecule has 3 aromatic heterocycles. The van der Waals surface area contributed by atoms with Gasteiger partial charge in [0.15, 0.2) is 0 Å². The maximum absolute atomic E-state index is 6.24. The standard InChI is InChI=1S/C27H19NOS/c1-16-14-20-19-10-6-7-11-23(19)29-27(20)17(2)26(16)25-15-22-24(30-25)13-12-21(28-22)18-8-4-3-5-9-18/h3-15H,1-2H3. The molecule has 0 spiro atoms. The van der Waals surface area contributed by atoms with E-state index in [9.17, 15) is 0 Å². The number of thiophene rings is 1. The molecule has 0 aliphatic rings. The number of fused-ring (bicyclic) bond motifs is 4. The molecule has 0 radical (unpaired) electrons. The molecule has 0 saturated heterocycles. The smallest absolute Gasteiger partial charge is 0.138 e. The van der Waals surface area contributed by atoms with E-state index in [1.165, 1.54) is 37.0 Å². The van der Waals surface area contributed by atoms with Gasteiger partial charge in [-0.2, -0.15) is 0 Å². The highest BCUT2D eigenvalue weighted by Crippen LogP contribution is 2.42. The van der Waals surface area contributed by atoms with E-state index >= 15 is 0 Å². The second-order valence-corrected chi connectivity index (χ2v) is 8.81. The van der Waals surface area contributed by atoms with Gasteiger partial charge < -0.3 is 4.42 Å². The van der Waals surface area contributed by atoms with E-state index in [4.69, 9.17) is 9.40 Å². The quantitative estimate of drug-likeness (QED) is 0.290. The van der Waals surface area contributed by atoms with Crippen LogP contribution in [0.15, 0.2) is 83.3 Å². The van der Waals surface area contributed by atoms with E-state index in [1.807, 2.05) is 18.2 Å². The fourth-order valence-corrected chi connectivity index (χ4v) is 5.55. The number of aromatic nitrogens is 1. The molecule has 3 aromatic carbocycles. The van der Waals surface area contributed by atoms with Crippen LogP contribution >= 0.6 is 11.3 Å². The number of rotatable bonds is 2. The summed E-state index contributed by atoms with van der Waals surface area (Å²) in [4.78, 5) is 6.17. The molecule has 6 rings (SSSR count). The maximum Gasteiger partial charge on any atom is 0.138 e. The minimum absolute atomic E-state index is 0.942. The number of furan rings is 1. The molecule has 0 unspecified atom stereocenters. The lowest BCUT2D eigenvalue weighted by Gasteiger charge is -2.08. The van der Waals surface area contributed by atoms with Crippen molar-refractivity contribution >= 4 is 43.5 Å². The van der Waals surface area contributed by atoms with Crippen molar-refractivity contribution in [3.8, 4) is 21.7 Å². The van der Waals surface area contributed by atoms with Gasteiger partial charge in [-0.3, -0.25) is 0 Å². The topological polar surface area (TPSA) is 26.0 Å². The fourth-order valence-electron chi connectivity index (χ4n) is 4.38. The first-order chi connectivity index (χ1) is 14.7. The third-order valence-corrected chi connectivity index (χ3v) is 6.90. The zero-order valence-corrected chi connectivity index (χ0v) is 17.6. The summed E-state index contributed by atoms with van der Waals surface area (Å²) in [6.07, 6.45) is 0. The summed E-state index contributed by atoms with van der Waals surface area (Å²) >= 11 is 1.79. The van der Waals surface area contributed by atoms with Crippen LogP contribution in [0.3, 0.4) is 0 Å². The van der Waals surface area contributed by atoms with Gasteiger partial charge in [-0.1, -0.05) is 48.5 Å². The van der Waals surface area contributed by atoms with Crippen LogP contribution in [0.1, 0.15) is 11.1 Å². The van der Waals surface area contributed by atoms with Crippen LogP contribution in [0.25, 0.3) is 53.9 Å². The molecular formula is C27H19NOS. The van der Waals surface area contributed by atoms with E-state index in [0.29, 0.717) is 0 Å². The third-order valence-electron chi connectivity index (χ3n) is 5.79. The molecule has 0 atom stereocenters. The molecule has 30 heavy (non-hydrogen) atoms. The zero-order valence-electron chi connectivity index (χ0n) is 16.8. The van der Waals surface area contributed by atoms with Crippen LogP contribution in [-0.2, 0) is 0 Å². The van der Waals surface area contributed by atoms with Gasteiger partial charge in [0, 0.05) is 32.3 Å². The number of nitrogens with zero attached hydrogens (tertiary/aromatic N) is 1. The number of hydrogen-bond donors (Lipinski definition) is 0. The monoisotopic (exact) mass is 405 g/mol. The van der Waals surface area contributed by atoms with Crippen LogP contribution in [0.5, 0.6) is 0 Å². The lowest BCUT2D eigenvalue weighted by molar-refractivity contribution is 0.666. The molecule has 6 aromatic rings. The Balaban J connectivity index is 1.55. The summed E-state index contributed by atoms with van der Waals surface area (Å²) in [6, 6.07) is 27.4. The third kappa shape index (κ3) is 2.59. The van der Waals surface area contributed by atoms with E-state index in [-0.39, 0.29) is 0 Å². The number of benzene rings is 3. The molecule has 0 amide bonds. The van der Waals surface area contributed by atoms with Gasteiger partial charge in [0.2, 0.25) is 0 Å². The molecule has 3 heterocycles. The Kier molecular flexibility index (Phi) is 3.80. The Morgan fingerprint density at radius 3 is 2.47 bits per heavy atom. The highest BCUT2D eigenvalue weighted by molar-refractivity contribution is 7.22. The first kappa shape index (κ1) is 17.4. The van der Waals surface area contributed by atoms with Crippen LogP contribution in [-0.4, -0.2) is 4.98 Å². The van der Waals surface area contributed by atoms with Crippen molar-refractivity contribution in [3.05, 3.63) is 90.0 Å². The maximum atomic E-state index is 6.24. The average molecular weight is 406 g/mol. The van der Waals surface area contributed by atoms with Crippen molar-refractivity contribution in [2.45, 2.75) is 13.8 Å². The van der Waals surface area contributed by atoms with Crippen LogP contribution in [0, 0.1) is 13.8 Å². The van der Waals surface area contributed by atoms with Crippen molar-refractivity contribution < 1.29 is 4.42 Å². The number of hydrogen-bond acceptors (Lipinski definition) is 3. The summed E-state index contributed by atoms with van der Waals surface area (Å²) in [7, 11) is 0. The lowest BCUT2D eigenvalue weighted by atomic mass is 9.97. The van der Waals surface area contributed by atoms with Crippen LogP contribution < -0.4 is 0 Å². The Morgan fingerprint density at radius 2 is 1.60 bits per heavy atom. The predicted molar refractivity (Wildman–Crippen MR) is 127 cm³/mol. The Morgan fingerprint density at radius 1 is 0.800 bits per heavy atom. The van der Waals surface area contributed by atoms with E-state index < -0.39 is 0 Å². The lowest BCUT2D eigenvalue weighted by Crippen LogP contribution is -1.87. The summed E-state index contributed by atoms with van der Waals surface area (Å²) in [5.74, 6) is 0. The molecular weight excluding hydrogens is 386 g/mol. The first-order valence-electron chi connectivity index (χ1n) is 10.1. The van der Waals surface area contributed by atoms with Gasteiger partial charge in [-0.15, -0.1) is 11.3 Å². The Bertz CT molecular complexity index is 1560. The normalized spacial score (nSPS) is 11.7. The van der Waals surface area contributed by atoms with Gasteiger partial charge in [0.05, 0.1) is 15.9 Å². The van der Waals surface area contributed by atoms with Crippen molar-refractivity contribution in [3.63, 3.8) is 0 Å². The van der Waals surface area contributed by atoms with E-state index in [1.54, 1.807) is 11.3 Å². The summed E-state index contributed by atoms with van der Waals surface area (Å²) in [6.45, 7) is 4.36. The second kappa shape index (κ2) is 6.54. The highest BCUT2D eigenvalue weighted by Gasteiger charge is 2.17. The van der Waals surface area contributed by atoms with Gasteiger partial charge in [-0.05, 0) is 49.7 Å². The first-order valence-corrected chi connectivity index (χ1v) is 10.9. The molecule has 0 N–H and O–H groups in total. The molecule has 0 aliphatic heterocycles. The van der Waals surface area contributed by atoms with Gasteiger partial charge in [0.25, 0.3) is 0 Å². The second-order valence-electron chi connectivity index (χ2n) is 7.72. The average Bonchev–Trinajstić information content (AvgIpc) is 3.35. The Labute approximate surface area is 178 Å². The largest absolute Gasteiger partial charge is 0.456 e. The van der Waals surface area contributed by atoms with Gasteiger partial charge in [0.1, 0.15) is 11.2 Å². The zero-order chi connectivity index (χ0) is 20.2. The summed E-state index contributed by atoms with van der Waals surface area (Å²) < 4.78 is 7.44. The van der Waals surface area contributed by atoms with Crippen molar-refractivity contribution in [1.29, 1.82) is 0 Å². The van der Waals surface area contributed by atoms with Crippen LogP contribution in [0.4, 0.5) is 0 Å². The van der Waals surface area contributed by atoms with Gasteiger partial charge >= 0.3 is 0 Å². The molecule has 144 valence electrons. The van der Waals surface area contributed by atoms with E-state index in [0.717, 1.165) is 27.9 Å². The molecule has 0 aliphatic carbocycles. The minimum atomic E-state index is 0.942. The van der Waals surface area contributed by atoms with Crippen LogP contribution in [0.2, 0.25) is 0 Å². The summed E-state index contributed by atoms with van der Waals surface area (Å²) in [5.41, 5.74) is 8.82. The van der Waals surface area contributed by atoms with Crippen molar-refractivity contribution in [2.24, 2.45) is 0 Å². The molecule has 3 heteroatoms. The molecule has 0 fully saturated rings. The minimum Gasteiger partial charge on any atom is -0.456 e. The van der Waals surface area contributed by atoms with Gasteiger partial charge in [-0.25, -0.2) is 4.98 Å². The summed E-state index contributed by atoms with van der Waals surface area (Å²) in [5, 5.41) is 2.37. The molecule has 0 bridgehead atoms. The number of pyridine rings is 1. The number of aryl methyl sites for hydroxylation is 2.